The van der Waals surface area contributed by atoms with Crippen LogP contribution >= 0.6 is 0 Å². The summed E-state index contributed by atoms with van der Waals surface area (Å²) in [5.41, 5.74) is 0.677. The Hall–Kier alpha value is -2.89. The first-order valence-electron chi connectivity index (χ1n) is 8.30. The predicted octanol–water partition coefficient (Wildman–Crippen LogP) is 3.29. The fourth-order valence-electron chi connectivity index (χ4n) is 3.29. The van der Waals surface area contributed by atoms with Crippen molar-refractivity contribution in [3.8, 4) is 0 Å². The molecule has 1 amide bonds. The molecule has 25 heavy (non-hydrogen) atoms. The number of aromatic nitrogens is 2. The number of amides is 1. The van der Waals surface area contributed by atoms with Crippen LogP contribution in [0.3, 0.4) is 0 Å². The van der Waals surface area contributed by atoms with Gasteiger partial charge < -0.3 is 9.32 Å². The van der Waals surface area contributed by atoms with Crippen molar-refractivity contribution < 1.29 is 13.6 Å². The fourth-order valence-corrected chi connectivity index (χ4v) is 3.29. The second kappa shape index (κ2) is 6.55. The Morgan fingerprint density at radius 2 is 2.12 bits per heavy atom. The lowest BCUT2D eigenvalue weighted by Gasteiger charge is -2.15. The predicted molar refractivity (Wildman–Crippen MR) is 89.7 cm³/mol. The molecule has 1 fully saturated rings. The minimum Gasteiger partial charge on any atom is -0.454 e. The monoisotopic (exact) mass is 339 g/mol. The van der Waals surface area contributed by atoms with Crippen molar-refractivity contribution >= 4 is 5.91 Å². The third-order valence-electron chi connectivity index (χ3n) is 4.57. The molecular formula is C19H18FN3O2. The quantitative estimate of drug-likeness (QED) is 0.733. The van der Waals surface area contributed by atoms with Crippen LogP contribution in [0, 0.1) is 5.82 Å². The summed E-state index contributed by atoms with van der Waals surface area (Å²) in [4.78, 5) is 14.4. The lowest BCUT2D eigenvalue weighted by atomic mass is 9.98. The van der Waals surface area contributed by atoms with Crippen LogP contribution in [0.5, 0.6) is 0 Å². The van der Waals surface area contributed by atoms with E-state index in [1.54, 1.807) is 40.0 Å². The maximum atomic E-state index is 13.9. The van der Waals surface area contributed by atoms with Gasteiger partial charge in [-0.2, -0.15) is 5.10 Å². The maximum Gasteiger partial charge on any atom is 0.289 e. The summed E-state index contributed by atoms with van der Waals surface area (Å²) in [5.74, 6) is 0.670. The largest absolute Gasteiger partial charge is 0.454 e. The molecule has 0 N–H and O–H groups in total. The van der Waals surface area contributed by atoms with Crippen molar-refractivity contribution in [2.24, 2.45) is 0 Å². The van der Waals surface area contributed by atoms with E-state index in [1.807, 2.05) is 18.3 Å². The summed E-state index contributed by atoms with van der Waals surface area (Å²) < 4.78 is 21.3. The van der Waals surface area contributed by atoms with Crippen molar-refractivity contribution in [1.29, 1.82) is 0 Å². The van der Waals surface area contributed by atoms with Crippen LogP contribution in [0.1, 0.15) is 34.2 Å². The van der Waals surface area contributed by atoms with Gasteiger partial charge in [0.05, 0.1) is 6.54 Å². The lowest BCUT2D eigenvalue weighted by molar-refractivity contribution is 0.0757. The van der Waals surface area contributed by atoms with E-state index in [4.69, 9.17) is 4.42 Å². The zero-order valence-electron chi connectivity index (χ0n) is 13.6. The van der Waals surface area contributed by atoms with Gasteiger partial charge >= 0.3 is 0 Å². The van der Waals surface area contributed by atoms with E-state index in [-0.39, 0.29) is 17.6 Å². The number of furan rings is 1. The summed E-state index contributed by atoms with van der Waals surface area (Å²) in [6, 6.07) is 12.1. The van der Waals surface area contributed by atoms with Crippen LogP contribution in [0.25, 0.3) is 0 Å². The molecule has 0 saturated carbocycles. The third-order valence-corrected chi connectivity index (χ3v) is 4.57. The van der Waals surface area contributed by atoms with Gasteiger partial charge in [-0.15, -0.1) is 0 Å². The first kappa shape index (κ1) is 15.6. The van der Waals surface area contributed by atoms with Gasteiger partial charge in [0.15, 0.2) is 5.76 Å². The van der Waals surface area contributed by atoms with Crippen LogP contribution < -0.4 is 0 Å². The summed E-state index contributed by atoms with van der Waals surface area (Å²) in [6.07, 6.45) is 4.29. The topological polar surface area (TPSA) is 51.3 Å². The average Bonchev–Trinajstić information content (AvgIpc) is 3.37. The molecule has 3 heterocycles. The van der Waals surface area contributed by atoms with Gasteiger partial charge in [-0.25, -0.2) is 4.39 Å². The second-order valence-electron chi connectivity index (χ2n) is 6.23. The summed E-state index contributed by atoms with van der Waals surface area (Å²) in [7, 11) is 0. The molecule has 1 unspecified atom stereocenters. The van der Waals surface area contributed by atoms with Gasteiger partial charge in [0.25, 0.3) is 5.91 Å². The second-order valence-corrected chi connectivity index (χ2v) is 6.23. The molecule has 3 aromatic rings. The van der Waals surface area contributed by atoms with Gasteiger partial charge in [-0.3, -0.25) is 9.48 Å². The number of hydrogen-bond acceptors (Lipinski definition) is 3. The highest BCUT2D eigenvalue weighted by Gasteiger charge is 2.30. The first-order chi connectivity index (χ1) is 12.2. The Morgan fingerprint density at radius 1 is 1.24 bits per heavy atom. The standard InChI is InChI=1S/C19H18FN3O2/c20-17-5-2-1-4-16(17)14-8-11-22(12-14)19(24)18-7-6-15(25-18)13-23-10-3-9-21-23/h1-7,9-10,14H,8,11-13H2. The Morgan fingerprint density at radius 3 is 2.92 bits per heavy atom. The molecule has 1 atom stereocenters. The Labute approximate surface area is 144 Å². The molecule has 4 rings (SSSR count). The van der Waals surface area contributed by atoms with Crippen molar-refractivity contribution in [3.05, 3.63) is 77.8 Å². The normalized spacial score (nSPS) is 17.2. The number of nitrogens with zero attached hydrogens (tertiary/aromatic N) is 3. The van der Waals surface area contributed by atoms with Crippen molar-refractivity contribution in [1.82, 2.24) is 14.7 Å². The smallest absolute Gasteiger partial charge is 0.289 e. The molecule has 1 saturated heterocycles. The Balaban J connectivity index is 1.44. The SMILES string of the molecule is O=C(c1ccc(Cn2cccn2)o1)N1CCC(c2ccccc2F)C1. The van der Waals surface area contributed by atoms with Gasteiger partial charge in [-0.05, 0) is 36.2 Å². The molecule has 128 valence electrons. The number of hydrogen-bond donors (Lipinski definition) is 0. The highest BCUT2D eigenvalue weighted by molar-refractivity contribution is 5.91. The van der Waals surface area contributed by atoms with Gasteiger partial charge in [-0.1, -0.05) is 18.2 Å². The summed E-state index contributed by atoms with van der Waals surface area (Å²) >= 11 is 0. The van der Waals surface area contributed by atoms with Gasteiger partial charge in [0.1, 0.15) is 11.6 Å². The molecule has 0 spiro atoms. The number of halogens is 1. The van der Waals surface area contributed by atoms with Crippen LogP contribution in [0.2, 0.25) is 0 Å². The van der Waals surface area contributed by atoms with Crippen LogP contribution in [-0.4, -0.2) is 33.7 Å². The number of rotatable bonds is 4. The molecule has 1 aliphatic heterocycles. The number of benzene rings is 1. The molecule has 0 aliphatic carbocycles. The molecule has 0 bridgehead atoms. The first-order valence-corrected chi connectivity index (χ1v) is 8.30. The zero-order chi connectivity index (χ0) is 17.2. The maximum absolute atomic E-state index is 13.9. The number of carbonyl (C=O) groups is 1. The Kier molecular flexibility index (Phi) is 4.09. The average molecular weight is 339 g/mol. The van der Waals surface area contributed by atoms with E-state index in [0.29, 0.717) is 36.7 Å². The molecule has 1 aliphatic rings. The van der Waals surface area contributed by atoms with Crippen molar-refractivity contribution in [2.45, 2.75) is 18.9 Å². The molecule has 0 radical (unpaired) electrons. The van der Waals surface area contributed by atoms with E-state index in [2.05, 4.69) is 5.10 Å². The minimum absolute atomic E-state index is 0.0312. The molecule has 1 aromatic carbocycles. The van der Waals surface area contributed by atoms with Gasteiger partial charge in [0, 0.05) is 31.4 Å². The third kappa shape index (κ3) is 3.20. The van der Waals surface area contributed by atoms with Crippen LogP contribution in [0.15, 0.2) is 59.3 Å². The molecular weight excluding hydrogens is 321 g/mol. The number of carbonyl (C=O) groups excluding carboxylic acids is 1. The molecule has 6 heteroatoms. The van der Waals surface area contributed by atoms with E-state index in [0.717, 1.165) is 6.42 Å². The van der Waals surface area contributed by atoms with E-state index in [1.165, 1.54) is 6.07 Å². The van der Waals surface area contributed by atoms with E-state index < -0.39 is 0 Å². The molecule has 2 aromatic heterocycles. The minimum atomic E-state index is -0.207. The summed E-state index contributed by atoms with van der Waals surface area (Å²) in [6.45, 7) is 1.60. The van der Waals surface area contributed by atoms with Crippen LogP contribution in [-0.2, 0) is 6.54 Å². The van der Waals surface area contributed by atoms with Crippen molar-refractivity contribution in [2.75, 3.05) is 13.1 Å². The highest BCUT2D eigenvalue weighted by Crippen LogP contribution is 2.30. The fraction of sp³-hybridized carbons (Fsp3) is 0.263. The Bertz CT molecular complexity index is 872. The number of likely N-dealkylation sites (tertiary alicyclic amines) is 1. The van der Waals surface area contributed by atoms with Crippen molar-refractivity contribution in [3.63, 3.8) is 0 Å². The zero-order valence-corrected chi connectivity index (χ0v) is 13.6. The lowest BCUT2D eigenvalue weighted by Crippen LogP contribution is -2.28. The molecule has 5 nitrogen and oxygen atoms in total. The summed E-state index contributed by atoms with van der Waals surface area (Å²) in [5, 5.41) is 4.12. The van der Waals surface area contributed by atoms with E-state index >= 15 is 0 Å². The van der Waals surface area contributed by atoms with E-state index in [9.17, 15) is 9.18 Å². The van der Waals surface area contributed by atoms with Gasteiger partial charge in [0.2, 0.25) is 0 Å². The highest BCUT2D eigenvalue weighted by atomic mass is 19.1. The van der Waals surface area contributed by atoms with Crippen LogP contribution in [0.4, 0.5) is 4.39 Å².